The Labute approximate surface area is 107 Å². The second-order valence-corrected chi connectivity index (χ2v) is 3.05. The minimum absolute atomic E-state index is 0. The van der Waals surface area contributed by atoms with Crippen LogP contribution >= 0.6 is 0 Å². The summed E-state index contributed by atoms with van der Waals surface area (Å²) in [5.74, 6) is -0.418. The number of benzene rings is 1. The summed E-state index contributed by atoms with van der Waals surface area (Å²) in [6.07, 6.45) is 1.31. The van der Waals surface area contributed by atoms with Gasteiger partial charge < -0.3 is 10.8 Å². The van der Waals surface area contributed by atoms with Crippen molar-refractivity contribution < 1.29 is 27.0 Å². The summed E-state index contributed by atoms with van der Waals surface area (Å²) in [6, 6.07) is 6.21. The van der Waals surface area contributed by atoms with Gasteiger partial charge in [-0.1, -0.05) is 12.1 Å². The Morgan fingerprint density at radius 1 is 1.18 bits per heavy atom. The molecule has 0 spiro atoms. The van der Waals surface area contributed by atoms with Gasteiger partial charge in [0.1, 0.15) is 6.33 Å². The molecule has 0 bridgehead atoms. The number of carboxylic acids is 1. The first kappa shape index (κ1) is 13.1. The van der Waals surface area contributed by atoms with Crippen molar-refractivity contribution in [2.45, 2.75) is 0 Å². The van der Waals surface area contributed by atoms with E-state index >= 15 is 0 Å². The molecular weight excluding hydrogens is 264 g/mol. The summed E-state index contributed by atoms with van der Waals surface area (Å²) >= 11 is 0. The molecule has 3 N–H and O–H groups in total. The molecule has 2 aromatic rings. The molecular formula is C10H8FeN4O2. The Kier molecular flexibility index (Phi) is 4.14. The number of rotatable bonds is 2. The summed E-state index contributed by atoms with van der Waals surface area (Å²) < 4.78 is 0. The second kappa shape index (κ2) is 5.38. The molecule has 1 aromatic heterocycles. The van der Waals surface area contributed by atoms with Gasteiger partial charge in [0.05, 0.1) is 5.56 Å². The number of carbonyl (C=O) groups is 1. The van der Waals surface area contributed by atoms with Crippen molar-refractivity contribution in [2.75, 3.05) is 5.73 Å². The van der Waals surface area contributed by atoms with E-state index in [4.69, 9.17) is 10.8 Å². The van der Waals surface area contributed by atoms with Crippen molar-refractivity contribution in [3.63, 3.8) is 0 Å². The Morgan fingerprint density at radius 3 is 2.35 bits per heavy atom. The van der Waals surface area contributed by atoms with E-state index < -0.39 is 5.97 Å². The number of nitrogens with zero attached hydrogens (tertiary/aromatic N) is 3. The van der Waals surface area contributed by atoms with Crippen LogP contribution in [-0.4, -0.2) is 26.0 Å². The van der Waals surface area contributed by atoms with Crippen LogP contribution in [0.3, 0.4) is 0 Å². The molecule has 1 heterocycles. The predicted molar refractivity (Wildman–Crippen MR) is 56.6 cm³/mol. The topological polar surface area (TPSA) is 102 Å². The summed E-state index contributed by atoms with van der Waals surface area (Å²) in [4.78, 5) is 22.2. The average Bonchev–Trinajstić information content (AvgIpc) is 2.29. The van der Waals surface area contributed by atoms with Crippen LogP contribution in [0.1, 0.15) is 10.4 Å². The summed E-state index contributed by atoms with van der Waals surface area (Å²) in [5.41, 5.74) is 6.33. The van der Waals surface area contributed by atoms with Crippen molar-refractivity contribution in [3.05, 3.63) is 36.2 Å². The first-order valence-corrected chi connectivity index (χ1v) is 4.45. The van der Waals surface area contributed by atoms with Crippen LogP contribution in [0.4, 0.5) is 5.95 Å². The van der Waals surface area contributed by atoms with E-state index in [0.717, 1.165) is 0 Å². The molecule has 0 saturated carbocycles. The molecule has 0 aliphatic rings. The Hall–Kier alpha value is -1.98. The molecule has 0 atom stereocenters. The monoisotopic (exact) mass is 272 g/mol. The first-order valence-electron chi connectivity index (χ1n) is 4.45. The molecule has 7 heteroatoms. The molecule has 1 aromatic carbocycles. The standard InChI is InChI=1S/C10H8N4O2.Fe/c11-10-13-5-12-8(14-10)6-1-3-7(4-2-6)9(15)16;/h1-5H,(H,15,16)(H2,11,12,13,14);. The van der Waals surface area contributed by atoms with Gasteiger partial charge in [-0.2, -0.15) is 4.98 Å². The van der Waals surface area contributed by atoms with Crippen LogP contribution in [0.5, 0.6) is 0 Å². The summed E-state index contributed by atoms with van der Waals surface area (Å²) in [6.45, 7) is 0. The maximum Gasteiger partial charge on any atom is 0.335 e. The number of carboxylic acid groups (broad SMARTS) is 1. The number of nitrogen functional groups attached to an aromatic ring is 1. The number of aromatic carboxylic acids is 1. The zero-order chi connectivity index (χ0) is 11.5. The molecule has 0 saturated heterocycles. The van der Waals surface area contributed by atoms with Crippen molar-refractivity contribution in [3.8, 4) is 11.4 Å². The maximum absolute atomic E-state index is 10.6. The van der Waals surface area contributed by atoms with Crippen LogP contribution in [-0.2, 0) is 17.1 Å². The van der Waals surface area contributed by atoms with E-state index in [1.54, 1.807) is 12.1 Å². The number of hydrogen-bond donors (Lipinski definition) is 2. The molecule has 0 fully saturated rings. The van der Waals surface area contributed by atoms with E-state index in [1.165, 1.54) is 18.5 Å². The third kappa shape index (κ3) is 2.99. The number of anilines is 1. The van der Waals surface area contributed by atoms with Crippen LogP contribution in [0.25, 0.3) is 11.4 Å². The molecule has 0 radical (unpaired) electrons. The van der Waals surface area contributed by atoms with E-state index in [2.05, 4.69) is 15.0 Å². The number of nitrogens with two attached hydrogens (primary N) is 1. The minimum Gasteiger partial charge on any atom is -0.478 e. The first-order chi connectivity index (χ1) is 7.66. The van der Waals surface area contributed by atoms with Crippen LogP contribution in [0.15, 0.2) is 30.6 Å². The van der Waals surface area contributed by atoms with Gasteiger partial charge in [0.15, 0.2) is 5.82 Å². The Morgan fingerprint density at radius 2 is 1.82 bits per heavy atom. The van der Waals surface area contributed by atoms with Gasteiger partial charge in [-0.25, -0.2) is 14.8 Å². The summed E-state index contributed by atoms with van der Waals surface area (Å²) in [7, 11) is 0. The van der Waals surface area contributed by atoms with Crippen molar-refractivity contribution in [2.24, 2.45) is 0 Å². The van der Waals surface area contributed by atoms with Crippen LogP contribution in [0, 0.1) is 0 Å². The largest absolute Gasteiger partial charge is 0.478 e. The molecule has 6 nitrogen and oxygen atoms in total. The van der Waals surface area contributed by atoms with Gasteiger partial charge in [-0.15, -0.1) is 0 Å². The van der Waals surface area contributed by atoms with E-state index in [-0.39, 0.29) is 28.6 Å². The zero-order valence-electron chi connectivity index (χ0n) is 8.51. The van der Waals surface area contributed by atoms with Crippen molar-refractivity contribution in [1.82, 2.24) is 15.0 Å². The van der Waals surface area contributed by atoms with E-state index in [1.807, 2.05) is 0 Å². The van der Waals surface area contributed by atoms with Crippen LogP contribution in [0.2, 0.25) is 0 Å². The average molecular weight is 272 g/mol. The quantitative estimate of drug-likeness (QED) is 0.784. The molecule has 17 heavy (non-hydrogen) atoms. The van der Waals surface area contributed by atoms with Gasteiger partial charge in [0, 0.05) is 22.6 Å². The minimum atomic E-state index is -0.971. The van der Waals surface area contributed by atoms with Gasteiger partial charge >= 0.3 is 5.97 Å². The number of aromatic nitrogens is 3. The SMILES string of the molecule is Nc1ncnc(-c2ccc(C(=O)O)cc2)n1.[Fe]. The van der Waals surface area contributed by atoms with Crippen molar-refractivity contribution in [1.29, 1.82) is 0 Å². The predicted octanol–water partition coefficient (Wildman–Crippen LogP) is 0.817. The Balaban J connectivity index is 0.00000144. The molecule has 0 aliphatic carbocycles. The molecule has 0 amide bonds. The van der Waals surface area contributed by atoms with E-state index in [0.29, 0.717) is 11.4 Å². The van der Waals surface area contributed by atoms with Gasteiger partial charge in [-0.05, 0) is 12.1 Å². The van der Waals surface area contributed by atoms with E-state index in [9.17, 15) is 4.79 Å². The normalized spacial score (nSPS) is 9.41. The smallest absolute Gasteiger partial charge is 0.335 e. The Bertz CT molecular complexity index is 530. The fourth-order valence-corrected chi connectivity index (χ4v) is 1.21. The third-order valence-corrected chi connectivity index (χ3v) is 1.98. The molecule has 0 unspecified atom stereocenters. The fourth-order valence-electron chi connectivity index (χ4n) is 1.21. The summed E-state index contributed by atoms with van der Waals surface area (Å²) in [5, 5.41) is 8.73. The zero-order valence-corrected chi connectivity index (χ0v) is 9.62. The molecule has 88 valence electrons. The van der Waals surface area contributed by atoms with Gasteiger partial charge in [0.25, 0.3) is 0 Å². The number of hydrogen-bond acceptors (Lipinski definition) is 5. The van der Waals surface area contributed by atoms with Crippen molar-refractivity contribution >= 4 is 11.9 Å². The van der Waals surface area contributed by atoms with Gasteiger partial charge in [-0.3, -0.25) is 0 Å². The fraction of sp³-hybridized carbons (Fsp3) is 0. The maximum atomic E-state index is 10.6. The molecule has 0 aliphatic heterocycles. The second-order valence-electron chi connectivity index (χ2n) is 3.05. The third-order valence-electron chi connectivity index (χ3n) is 1.98. The molecule has 2 rings (SSSR count). The van der Waals surface area contributed by atoms with Gasteiger partial charge in [0.2, 0.25) is 5.95 Å². The van der Waals surface area contributed by atoms with Crippen LogP contribution < -0.4 is 5.73 Å².